The maximum Gasteiger partial charge on any atom is 0.238 e. The summed E-state index contributed by atoms with van der Waals surface area (Å²) in [5, 5.41) is 10.3. The number of tetrazole rings is 1. The molecule has 0 aliphatic rings. The Morgan fingerprint density at radius 2 is 1.23 bits per heavy atom. The number of aromatic nitrogens is 4. The predicted octanol–water partition coefficient (Wildman–Crippen LogP) is 5.82. The number of aromatic amines is 1. The minimum Gasteiger partial charge on any atom is -0.242 e. The van der Waals surface area contributed by atoms with Crippen molar-refractivity contribution in [3.63, 3.8) is 0 Å². The van der Waals surface area contributed by atoms with E-state index in [1.54, 1.807) is 0 Å². The summed E-state index contributed by atoms with van der Waals surface area (Å²) in [6.45, 7) is 3.20. The van der Waals surface area contributed by atoms with E-state index in [0.717, 1.165) is 13.0 Å². The first-order valence-corrected chi connectivity index (χ1v) is 9.73. The van der Waals surface area contributed by atoms with Crippen molar-refractivity contribution in [1.82, 2.24) is 20.2 Å². The van der Waals surface area contributed by atoms with Gasteiger partial charge in [-0.05, 0) is 18.6 Å². The van der Waals surface area contributed by atoms with Crippen LogP contribution in [0.25, 0.3) is 0 Å². The van der Waals surface area contributed by atoms with Crippen molar-refractivity contribution in [3.05, 3.63) is 4.77 Å². The van der Waals surface area contributed by atoms with Gasteiger partial charge in [-0.1, -0.05) is 101 Å². The van der Waals surface area contributed by atoms with Gasteiger partial charge in [0.05, 0.1) is 0 Å². The number of hydrogen-bond donors (Lipinski definition) is 1. The van der Waals surface area contributed by atoms with Gasteiger partial charge >= 0.3 is 0 Å². The van der Waals surface area contributed by atoms with Crippen LogP contribution in [0, 0.1) is 4.77 Å². The molecule has 1 aromatic heterocycles. The predicted molar refractivity (Wildman–Crippen MR) is 95.5 cm³/mol. The van der Waals surface area contributed by atoms with Crippen LogP contribution in [0.2, 0.25) is 0 Å². The van der Waals surface area contributed by atoms with Crippen molar-refractivity contribution in [2.24, 2.45) is 0 Å². The lowest BCUT2D eigenvalue weighted by molar-refractivity contribution is 0.502. The molecule has 128 valence electrons. The van der Waals surface area contributed by atoms with Crippen LogP contribution in [0.5, 0.6) is 0 Å². The normalized spacial score (nSPS) is 11.1. The highest BCUT2D eigenvalue weighted by Gasteiger charge is 1.96. The van der Waals surface area contributed by atoms with Gasteiger partial charge in [-0.2, -0.15) is 5.21 Å². The van der Waals surface area contributed by atoms with Gasteiger partial charge in [-0.25, -0.2) is 4.68 Å². The van der Waals surface area contributed by atoms with Crippen LogP contribution in [-0.2, 0) is 6.54 Å². The zero-order chi connectivity index (χ0) is 15.9. The molecule has 0 aromatic carbocycles. The fraction of sp³-hybridized carbons (Fsp3) is 0.941. The molecular formula is C17H34N4S. The van der Waals surface area contributed by atoms with Crippen molar-refractivity contribution in [3.8, 4) is 0 Å². The number of nitrogens with one attached hydrogen (secondary N) is 1. The van der Waals surface area contributed by atoms with Gasteiger partial charge in [0.1, 0.15) is 0 Å². The van der Waals surface area contributed by atoms with E-state index < -0.39 is 0 Å². The van der Waals surface area contributed by atoms with Crippen LogP contribution in [-0.4, -0.2) is 20.2 Å². The van der Waals surface area contributed by atoms with E-state index in [4.69, 9.17) is 12.2 Å². The topological polar surface area (TPSA) is 46.5 Å². The molecule has 0 aliphatic heterocycles. The smallest absolute Gasteiger partial charge is 0.238 e. The van der Waals surface area contributed by atoms with Gasteiger partial charge in [-0.3, -0.25) is 0 Å². The van der Waals surface area contributed by atoms with Crippen molar-refractivity contribution >= 4 is 12.2 Å². The zero-order valence-corrected chi connectivity index (χ0v) is 15.2. The summed E-state index contributed by atoms with van der Waals surface area (Å²) in [6.07, 6.45) is 19.4. The average Bonchev–Trinajstić information content (AvgIpc) is 2.93. The Morgan fingerprint density at radius 1 is 0.773 bits per heavy atom. The summed E-state index contributed by atoms with van der Waals surface area (Å²) in [5.74, 6) is 0. The van der Waals surface area contributed by atoms with E-state index >= 15 is 0 Å². The molecule has 0 unspecified atom stereocenters. The number of unbranched alkanes of at least 4 members (excludes halogenated alkanes) is 13. The van der Waals surface area contributed by atoms with E-state index in [9.17, 15) is 0 Å². The highest BCUT2D eigenvalue weighted by atomic mass is 32.1. The van der Waals surface area contributed by atoms with E-state index in [1.807, 2.05) is 4.68 Å². The van der Waals surface area contributed by atoms with Crippen LogP contribution in [0.4, 0.5) is 0 Å². The minimum atomic E-state index is 0.565. The molecule has 0 amide bonds. The summed E-state index contributed by atoms with van der Waals surface area (Å²) in [5.41, 5.74) is 0. The van der Waals surface area contributed by atoms with E-state index in [1.165, 1.54) is 83.5 Å². The Morgan fingerprint density at radius 3 is 1.64 bits per heavy atom. The third kappa shape index (κ3) is 10.1. The fourth-order valence-electron chi connectivity index (χ4n) is 2.83. The van der Waals surface area contributed by atoms with E-state index in [-0.39, 0.29) is 0 Å². The van der Waals surface area contributed by atoms with Crippen LogP contribution in [0.15, 0.2) is 0 Å². The summed E-state index contributed by atoms with van der Waals surface area (Å²) in [4.78, 5) is 0. The average molecular weight is 327 g/mol. The number of rotatable bonds is 15. The number of aryl methyl sites for hydroxylation is 1. The van der Waals surface area contributed by atoms with Crippen molar-refractivity contribution in [2.45, 2.75) is 103 Å². The van der Waals surface area contributed by atoms with Gasteiger partial charge in [0.25, 0.3) is 0 Å². The highest BCUT2D eigenvalue weighted by Crippen LogP contribution is 2.13. The third-order valence-electron chi connectivity index (χ3n) is 4.27. The fourth-order valence-corrected chi connectivity index (χ4v) is 3.00. The molecule has 1 heterocycles. The Bertz CT molecular complexity index is 399. The van der Waals surface area contributed by atoms with E-state index in [2.05, 4.69) is 22.4 Å². The zero-order valence-electron chi connectivity index (χ0n) is 14.4. The lowest BCUT2D eigenvalue weighted by atomic mass is 10.0. The summed E-state index contributed by atoms with van der Waals surface area (Å²) in [6, 6.07) is 0. The Kier molecular flexibility index (Phi) is 12.2. The quantitative estimate of drug-likeness (QED) is 0.326. The molecule has 5 heteroatoms. The lowest BCUT2D eigenvalue weighted by Crippen LogP contribution is -2.00. The van der Waals surface area contributed by atoms with Gasteiger partial charge in [0.2, 0.25) is 4.77 Å². The first-order chi connectivity index (χ1) is 10.8. The maximum atomic E-state index is 5.04. The molecule has 0 radical (unpaired) electrons. The minimum absolute atomic E-state index is 0.565. The molecule has 0 atom stereocenters. The van der Waals surface area contributed by atoms with Gasteiger partial charge in [-0.15, -0.1) is 0 Å². The van der Waals surface area contributed by atoms with Gasteiger partial charge in [0, 0.05) is 6.54 Å². The Hall–Kier alpha value is -0.710. The second kappa shape index (κ2) is 13.9. The van der Waals surface area contributed by atoms with Crippen LogP contribution in [0.3, 0.4) is 0 Å². The SMILES string of the molecule is CCCCCCCCCCCCCCCCn1[nH]nnc1=S. The third-order valence-corrected chi connectivity index (χ3v) is 4.57. The molecule has 0 fully saturated rings. The highest BCUT2D eigenvalue weighted by molar-refractivity contribution is 7.71. The first kappa shape index (κ1) is 19.3. The molecule has 0 aliphatic carbocycles. The Labute approximate surface area is 141 Å². The molecule has 1 N–H and O–H groups in total. The summed E-state index contributed by atoms with van der Waals surface area (Å²) >= 11 is 5.04. The maximum absolute atomic E-state index is 5.04. The van der Waals surface area contributed by atoms with Crippen molar-refractivity contribution < 1.29 is 0 Å². The molecule has 22 heavy (non-hydrogen) atoms. The second-order valence-electron chi connectivity index (χ2n) is 6.33. The molecule has 1 rings (SSSR count). The molecule has 0 bridgehead atoms. The van der Waals surface area contributed by atoms with Crippen LogP contribution < -0.4 is 0 Å². The Balaban J connectivity index is 1.75. The van der Waals surface area contributed by atoms with Crippen molar-refractivity contribution in [1.29, 1.82) is 0 Å². The second-order valence-corrected chi connectivity index (χ2v) is 6.70. The van der Waals surface area contributed by atoms with Crippen LogP contribution in [0.1, 0.15) is 96.8 Å². The van der Waals surface area contributed by atoms with Crippen molar-refractivity contribution in [2.75, 3.05) is 0 Å². The molecule has 1 aromatic rings. The standard InChI is InChI=1S/C17H34N4S/c1-2-3-4-5-6-7-8-9-10-11-12-13-14-15-16-21-17(22)18-19-20-21/h2-16H2,1H3,(H,18,20,22). The molecular weight excluding hydrogens is 292 g/mol. The first-order valence-electron chi connectivity index (χ1n) is 9.32. The number of H-pyrrole nitrogens is 1. The monoisotopic (exact) mass is 326 g/mol. The lowest BCUT2D eigenvalue weighted by Gasteiger charge is -2.03. The van der Waals surface area contributed by atoms with Gasteiger partial charge in [0.15, 0.2) is 0 Å². The largest absolute Gasteiger partial charge is 0.242 e. The summed E-state index contributed by atoms with van der Waals surface area (Å²) < 4.78 is 2.41. The molecule has 0 saturated heterocycles. The summed E-state index contributed by atoms with van der Waals surface area (Å²) in [7, 11) is 0. The molecule has 0 saturated carbocycles. The number of nitrogens with zero attached hydrogens (tertiary/aromatic N) is 3. The number of hydrogen-bond acceptors (Lipinski definition) is 3. The molecule has 4 nitrogen and oxygen atoms in total. The van der Waals surface area contributed by atoms with Crippen LogP contribution >= 0.6 is 12.2 Å². The van der Waals surface area contributed by atoms with E-state index in [0.29, 0.717) is 4.77 Å². The van der Waals surface area contributed by atoms with Gasteiger partial charge < -0.3 is 0 Å². The molecule has 0 spiro atoms.